The van der Waals surface area contributed by atoms with Gasteiger partial charge in [0, 0.05) is 19.5 Å². The zero-order valence-electron chi connectivity index (χ0n) is 18.5. The Morgan fingerprint density at radius 2 is 1.84 bits per heavy atom. The fourth-order valence-corrected chi connectivity index (χ4v) is 4.08. The Bertz CT molecular complexity index is 873. The number of benzene rings is 1. The topological polar surface area (TPSA) is 67.0 Å². The lowest BCUT2D eigenvalue weighted by Gasteiger charge is -2.24. The summed E-state index contributed by atoms with van der Waals surface area (Å²) in [5.74, 6) is 0.650. The quantitative estimate of drug-likeness (QED) is 0.641. The summed E-state index contributed by atoms with van der Waals surface area (Å²) in [6.07, 6.45) is 4.05. The number of aryl methyl sites for hydroxylation is 2. The number of hydrogen-bond acceptors (Lipinski definition) is 3. The number of hydrogen-bond donors (Lipinski definition) is 2. The molecule has 0 unspecified atom stereocenters. The van der Waals surface area contributed by atoms with Crippen LogP contribution in [0.15, 0.2) is 34.7 Å². The van der Waals surface area contributed by atoms with E-state index in [9.17, 15) is 14.0 Å². The Kier molecular flexibility index (Phi) is 8.23. The molecular weight excluding hydrogens is 397 g/mol. The number of amides is 2. The Balaban J connectivity index is 1.57. The minimum absolute atomic E-state index is 0.0617. The van der Waals surface area contributed by atoms with Gasteiger partial charge in [0.05, 0.1) is 31.7 Å². The van der Waals surface area contributed by atoms with E-state index in [2.05, 4.69) is 5.32 Å². The summed E-state index contributed by atoms with van der Waals surface area (Å²) in [7, 11) is 0. The molecule has 2 heterocycles. The van der Waals surface area contributed by atoms with Crippen LogP contribution >= 0.6 is 0 Å². The van der Waals surface area contributed by atoms with Crippen molar-refractivity contribution < 1.29 is 23.3 Å². The molecule has 1 aromatic carbocycles. The Hall–Kier alpha value is -2.67. The summed E-state index contributed by atoms with van der Waals surface area (Å²) in [4.78, 5) is 28.7. The summed E-state index contributed by atoms with van der Waals surface area (Å²) in [6, 6.07) is 7.79. The summed E-state index contributed by atoms with van der Waals surface area (Å²) in [5, 5.41) is 2.99. The molecule has 168 valence electrons. The van der Waals surface area contributed by atoms with E-state index in [1.807, 2.05) is 0 Å². The van der Waals surface area contributed by atoms with Crippen molar-refractivity contribution in [3.05, 3.63) is 58.8 Å². The molecule has 1 aromatic heterocycles. The maximum absolute atomic E-state index is 13.3. The van der Waals surface area contributed by atoms with E-state index in [0.29, 0.717) is 30.2 Å². The fraction of sp³-hybridized carbons (Fsp3) is 0.500. The van der Waals surface area contributed by atoms with Gasteiger partial charge in [0.2, 0.25) is 5.91 Å². The highest BCUT2D eigenvalue weighted by Gasteiger charge is 2.22. The van der Waals surface area contributed by atoms with Gasteiger partial charge in [-0.25, -0.2) is 4.39 Å². The number of rotatable bonds is 9. The van der Waals surface area contributed by atoms with E-state index < -0.39 is 0 Å². The van der Waals surface area contributed by atoms with Crippen molar-refractivity contribution in [1.82, 2.24) is 10.2 Å². The van der Waals surface area contributed by atoms with Crippen molar-refractivity contribution in [2.75, 3.05) is 32.7 Å². The Morgan fingerprint density at radius 1 is 1.13 bits per heavy atom. The van der Waals surface area contributed by atoms with Gasteiger partial charge in [-0.3, -0.25) is 9.59 Å². The Morgan fingerprint density at radius 3 is 2.48 bits per heavy atom. The predicted octanol–water partition coefficient (Wildman–Crippen LogP) is 2.25. The van der Waals surface area contributed by atoms with Crippen LogP contribution in [0.5, 0.6) is 0 Å². The average molecular weight is 431 g/mol. The molecule has 1 saturated heterocycles. The predicted molar refractivity (Wildman–Crippen MR) is 116 cm³/mol. The molecule has 1 aliphatic heterocycles. The minimum Gasteiger partial charge on any atom is -0.466 e. The van der Waals surface area contributed by atoms with Gasteiger partial charge in [0.15, 0.2) is 0 Å². The van der Waals surface area contributed by atoms with E-state index in [1.165, 1.54) is 44.5 Å². The summed E-state index contributed by atoms with van der Waals surface area (Å²) >= 11 is 0. The first-order chi connectivity index (χ1) is 14.9. The van der Waals surface area contributed by atoms with Gasteiger partial charge in [-0.1, -0.05) is 12.1 Å². The number of halogens is 1. The van der Waals surface area contributed by atoms with Gasteiger partial charge >= 0.3 is 0 Å². The zero-order chi connectivity index (χ0) is 22.2. The molecule has 1 fully saturated rings. The maximum Gasteiger partial charge on any atom is 0.257 e. The van der Waals surface area contributed by atoms with Crippen LogP contribution in [0.4, 0.5) is 4.39 Å². The second kappa shape index (κ2) is 11.1. The van der Waals surface area contributed by atoms with Crippen LogP contribution in [0.25, 0.3) is 0 Å². The average Bonchev–Trinajstić information content (AvgIpc) is 3.10. The third-order valence-electron chi connectivity index (χ3n) is 5.82. The molecule has 1 aliphatic rings. The van der Waals surface area contributed by atoms with Crippen LogP contribution in [0.1, 0.15) is 53.1 Å². The molecule has 0 saturated carbocycles. The standard InChI is InChI=1S/C24H32FN3O3/c1-18-16-22(19(2)31-18)24(30)28(17-20-6-8-21(25)9-7-20)14-10-23(29)26-11-15-27-12-4-3-5-13-27/h6-9,16H,3-5,10-15,17H2,1-2H3,(H,26,29)/p+1. The van der Waals surface area contributed by atoms with E-state index in [4.69, 9.17) is 4.42 Å². The zero-order valence-corrected chi connectivity index (χ0v) is 18.5. The molecule has 0 radical (unpaired) electrons. The third kappa shape index (κ3) is 6.92. The number of nitrogens with zero attached hydrogens (tertiary/aromatic N) is 1. The van der Waals surface area contributed by atoms with Gasteiger partial charge in [-0.2, -0.15) is 0 Å². The van der Waals surface area contributed by atoms with Crippen molar-refractivity contribution in [1.29, 1.82) is 0 Å². The highest BCUT2D eigenvalue weighted by Crippen LogP contribution is 2.18. The number of piperidine rings is 1. The Labute approximate surface area is 183 Å². The first-order valence-electron chi connectivity index (χ1n) is 11.1. The lowest BCUT2D eigenvalue weighted by molar-refractivity contribution is -0.903. The van der Waals surface area contributed by atoms with Crippen molar-refractivity contribution in [2.24, 2.45) is 0 Å². The summed E-state index contributed by atoms with van der Waals surface area (Å²) in [5.41, 5.74) is 1.30. The van der Waals surface area contributed by atoms with Gasteiger partial charge in [-0.05, 0) is 56.9 Å². The number of carbonyl (C=O) groups excluding carboxylic acids is 2. The van der Waals surface area contributed by atoms with Crippen LogP contribution in [0, 0.1) is 19.7 Å². The minimum atomic E-state index is -0.321. The molecule has 3 rings (SSSR count). The van der Waals surface area contributed by atoms with Gasteiger partial charge in [-0.15, -0.1) is 0 Å². The van der Waals surface area contributed by atoms with Crippen LogP contribution in [-0.4, -0.2) is 49.4 Å². The number of nitrogens with one attached hydrogen (secondary N) is 2. The number of carbonyl (C=O) groups is 2. The molecule has 31 heavy (non-hydrogen) atoms. The van der Waals surface area contributed by atoms with E-state index >= 15 is 0 Å². The lowest BCUT2D eigenvalue weighted by atomic mass is 10.1. The summed E-state index contributed by atoms with van der Waals surface area (Å²) in [6.45, 7) is 8.09. The summed E-state index contributed by atoms with van der Waals surface area (Å²) < 4.78 is 18.8. The molecular formula is C24H33FN3O3+. The first-order valence-corrected chi connectivity index (χ1v) is 11.1. The monoisotopic (exact) mass is 430 g/mol. The second-order valence-corrected chi connectivity index (χ2v) is 8.34. The van der Waals surface area contributed by atoms with Crippen molar-refractivity contribution in [3.8, 4) is 0 Å². The van der Waals surface area contributed by atoms with E-state index in [-0.39, 0.29) is 30.6 Å². The molecule has 0 spiro atoms. The van der Waals surface area contributed by atoms with Gasteiger partial charge in [0.25, 0.3) is 5.91 Å². The van der Waals surface area contributed by atoms with Crippen molar-refractivity contribution in [2.45, 2.75) is 46.1 Å². The molecule has 7 heteroatoms. The van der Waals surface area contributed by atoms with E-state index in [0.717, 1.165) is 12.1 Å². The van der Waals surface area contributed by atoms with Gasteiger partial charge in [0.1, 0.15) is 17.3 Å². The number of quaternary nitrogens is 1. The molecule has 6 nitrogen and oxygen atoms in total. The number of furan rings is 1. The van der Waals surface area contributed by atoms with Crippen LogP contribution in [0.2, 0.25) is 0 Å². The lowest BCUT2D eigenvalue weighted by Crippen LogP contribution is -3.13. The smallest absolute Gasteiger partial charge is 0.257 e. The molecule has 2 aromatic rings. The number of likely N-dealkylation sites (tertiary alicyclic amines) is 1. The molecule has 2 amide bonds. The molecule has 0 atom stereocenters. The van der Waals surface area contributed by atoms with Crippen molar-refractivity contribution in [3.63, 3.8) is 0 Å². The molecule has 0 bridgehead atoms. The normalized spacial score (nSPS) is 14.4. The van der Waals surface area contributed by atoms with Crippen molar-refractivity contribution >= 4 is 11.8 Å². The molecule has 0 aliphatic carbocycles. The van der Waals surface area contributed by atoms with Crippen LogP contribution in [0.3, 0.4) is 0 Å². The van der Waals surface area contributed by atoms with Gasteiger partial charge < -0.3 is 19.5 Å². The maximum atomic E-state index is 13.3. The molecule has 2 N–H and O–H groups in total. The first kappa shape index (κ1) is 23.0. The SMILES string of the molecule is Cc1cc(C(=O)N(CCC(=O)NCC[NH+]2CCCCC2)Cc2ccc(F)cc2)c(C)o1. The van der Waals surface area contributed by atoms with Crippen LogP contribution in [-0.2, 0) is 11.3 Å². The largest absolute Gasteiger partial charge is 0.466 e. The third-order valence-corrected chi connectivity index (χ3v) is 5.82. The highest BCUT2D eigenvalue weighted by molar-refractivity contribution is 5.95. The fourth-order valence-electron chi connectivity index (χ4n) is 4.08. The van der Waals surface area contributed by atoms with Crippen LogP contribution < -0.4 is 10.2 Å². The van der Waals surface area contributed by atoms with E-state index in [1.54, 1.807) is 41.8 Å². The second-order valence-electron chi connectivity index (χ2n) is 8.34. The highest BCUT2D eigenvalue weighted by atomic mass is 19.1.